The molecular formula is C11H10N2O3S. The van der Waals surface area contributed by atoms with Crippen LogP contribution in [-0.4, -0.2) is 27.3 Å². The van der Waals surface area contributed by atoms with E-state index in [2.05, 4.69) is 0 Å². The van der Waals surface area contributed by atoms with Crippen molar-refractivity contribution in [2.75, 3.05) is 6.54 Å². The van der Waals surface area contributed by atoms with E-state index in [1.54, 1.807) is 4.90 Å². The maximum Gasteiger partial charge on any atom is 0.269 e. The zero-order valence-electron chi connectivity index (χ0n) is 8.96. The van der Waals surface area contributed by atoms with Crippen LogP contribution in [0.25, 0.3) is 0 Å². The standard InChI is InChI=1S/C11H10N2O3S/c14-11(12-7-1-2-10(12)17)8-3-5-9(6-4-8)13(15)16/h3-6H,1-2,7H2. The molecule has 6 heteroatoms. The molecular weight excluding hydrogens is 240 g/mol. The third kappa shape index (κ3) is 2.31. The van der Waals surface area contributed by atoms with Crippen molar-refractivity contribution < 1.29 is 9.72 Å². The Labute approximate surface area is 103 Å². The summed E-state index contributed by atoms with van der Waals surface area (Å²) in [5, 5.41) is 10.5. The van der Waals surface area contributed by atoms with Crippen LogP contribution in [-0.2, 0) is 0 Å². The van der Waals surface area contributed by atoms with Gasteiger partial charge in [0.05, 0.1) is 9.91 Å². The third-order valence-corrected chi connectivity index (χ3v) is 3.07. The number of hydrogen-bond donors (Lipinski definition) is 0. The minimum absolute atomic E-state index is 0.0226. The van der Waals surface area contributed by atoms with E-state index in [1.807, 2.05) is 0 Å². The molecule has 1 amide bonds. The largest absolute Gasteiger partial charge is 0.302 e. The van der Waals surface area contributed by atoms with Gasteiger partial charge in [-0.1, -0.05) is 12.2 Å². The van der Waals surface area contributed by atoms with Gasteiger partial charge in [0.25, 0.3) is 11.6 Å². The Balaban J connectivity index is 2.20. The SMILES string of the molecule is O=C(c1ccc([N+](=O)[O-])cc1)N1CCCC1=S. The second-order valence-corrected chi connectivity index (χ2v) is 4.23. The Hall–Kier alpha value is -1.82. The zero-order valence-corrected chi connectivity index (χ0v) is 9.77. The van der Waals surface area contributed by atoms with Crippen LogP contribution in [0, 0.1) is 10.1 Å². The molecule has 1 fully saturated rings. The maximum atomic E-state index is 12.0. The molecule has 1 aliphatic rings. The molecule has 0 atom stereocenters. The highest BCUT2D eigenvalue weighted by atomic mass is 32.1. The molecule has 17 heavy (non-hydrogen) atoms. The highest BCUT2D eigenvalue weighted by Gasteiger charge is 2.24. The lowest BCUT2D eigenvalue weighted by Crippen LogP contribution is -2.30. The van der Waals surface area contributed by atoms with Crippen LogP contribution in [0.2, 0.25) is 0 Å². The Kier molecular flexibility index (Phi) is 3.14. The smallest absolute Gasteiger partial charge is 0.269 e. The van der Waals surface area contributed by atoms with Gasteiger partial charge in [0, 0.05) is 30.7 Å². The van der Waals surface area contributed by atoms with Crippen LogP contribution >= 0.6 is 12.2 Å². The lowest BCUT2D eigenvalue weighted by Gasteiger charge is -2.15. The van der Waals surface area contributed by atoms with E-state index in [4.69, 9.17) is 12.2 Å². The van der Waals surface area contributed by atoms with Gasteiger partial charge in [-0.05, 0) is 18.6 Å². The molecule has 1 aromatic rings. The molecule has 0 spiro atoms. The lowest BCUT2D eigenvalue weighted by molar-refractivity contribution is -0.384. The highest BCUT2D eigenvalue weighted by Crippen LogP contribution is 2.18. The van der Waals surface area contributed by atoms with Gasteiger partial charge in [-0.25, -0.2) is 0 Å². The molecule has 88 valence electrons. The van der Waals surface area contributed by atoms with Crippen LogP contribution in [0.5, 0.6) is 0 Å². The fraction of sp³-hybridized carbons (Fsp3) is 0.273. The van der Waals surface area contributed by atoms with Gasteiger partial charge in [-0.3, -0.25) is 14.9 Å². The number of carbonyl (C=O) groups excluding carboxylic acids is 1. The molecule has 5 nitrogen and oxygen atoms in total. The van der Waals surface area contributed by atoms with E-state index >= 15 is 0 Å². The molecule has 0 saturated carbocycles. The Bertz CT molecular complexity index is 484. The molecule has 2 rings (SSSR count). The number of likely N-dealkylation sites (tertiary alicyclic amines) is 1. The third-order valence-electron chi connectivity index (χ3n) is 2.64. The van der Waals surface area contributed by atoms with Crippen molar-refractivity contribution in [2.24, 2.45) is 0 Å². The Morgan fingerprint density at radius 3 is 2.47 bits per heavy atom. The minimum atomic E-state index is -0.491. The molecule has 0 aromatic heterocycles. The van der Waals surface area contributed by atoms with Crippen molar-refractivity contribution >= 4 is 28.8 Å². The van der Waals surface area contributed by atoms with Crippen molar-refractivity contribution in [3.63, 3.8) is 0 Å². The summed E-state index contributed by atoms with van der Waals surface area (Å²) in [5.74, 6) is -0.178. The number of non-ortho nitro benzene ring substituents is 1. The quantitative estimate of drug-likeness (QED) is 0.458. The number of hydrogen-bond acceptors (Lipinski definition) is 4. The fourth-order valence-corrected chi connectivity index (χ4v) is 2.06. The molecule has 1 heterocycles. The van der Waals surface area contributed by atoms with Crippen LogP contribution in [0.4, 0.5) is 5.69 Å². The average molecular weight is 250 g/mol. The molecule has 0 N–H and O–H groups in total. The summed E-state index contributed by atoms with van der Waals surface area (Å²) < 4.78 is 0. The summed E-state index contributed by atoms with van der Waals surface area (Å²) in [4.78, 5) is 24.2. The van der Waals surface area contributed by atoms with Gasteiger partial charge in [-0.2, -0.15) is 0 Å². The molecule has 0 aliphatic carbocycles. The summed E-state index contributed by atoms with van der Waals surface area (Å²) in [6, 6.07) is 5.57. The minimum Gasteiger partial charge on any atom is -0.302 e. The van der Waals surface area contributed by atoms with E-state index in [9.17, 15) is 14.9 Å². The van der Waals surface area contributed by atoms with E-state index in [0.29, 0.717) is 17.1 Å². The number of amides is 1. The van der Waals surface area contributed by atoms with Crippen molar-refractivity contribution in [2.45, 2.75) is 12.8 Å². The van der Waals surface area contributed by atoms with E-state index in [1.165, 1.54) is 24.3 Å². The topological polar surface area (TPSA) is 63.4 Å². The monoisotopic (exact) mass is 250 g/mol. The van der Waals surface area contributed by atoms with Gasteiger partial charge in [-0.15, -0.1) is 0 Å². The van der Waals surface area contributed by atoms with E-state index in [-0.39, 0.29) is 11.6 Å². The first kappa shape index (κ1) is 11.7. The van der Waals surface area contributed by atoms with Crippen LogP contribution in [0.3, 0.4) is 0 Å². The number of benzene rings is 1. The summed E-state index contributed by atoms with van der Waals surface area (Å²) in [5.41, 5.74) is 0.408. The first-order valence-electron chi connectivity index (χ1n) is 5.19. The van der Waals surface area contributed by atoms with Gasteiger partial charge >= 0.3 is 0 Å². The maximum absolute atomic E-state index is 12.0. The van der Waals surface area contributed by atoms with Crippen LogP contribution in [0.15, 0.2) is 24.3 Å². The normalized spacial score (nSPS) is 15.1. The fourth-order valence-electron chi connectivity index (χ4n) is 1.74. The molecule has 1 aliphatic heterocycles. The summed E-state index contributed by atoms with van der Waals surface area (Å²) in [7, 11) is 0. The number of nitrogens with zero attached hydrogens (tertiary/aromatic N) is 2. The number of thiocarbonyl (C=S) groups is 1. The summed E-state index contributed by atoms with van der Waals surface area (Å²) in [6.07, 6.45) is 1.64. The average Bonchev–Trinajstić information content (AvgIpc) is 2.74. The molecule has 1 saturated heterocycles. The van der Waals surface area contributed by atoms with Gasteiger partial charge in [0.2, 0.25) is 0 Å². The van der Waals surface area contributed by atoms with Crippen molar-refractivity contribution in [3.8, 4) is 0 Å². The number of nitro groups is 1. The second-order valence-electron chi connectivity index (χ2n) is 3.76. The van der Waals surface area contributed by atoms with Gasteiger partial charge < -0.3 is 4.90 Å². The van der Waals surface area contributed by atoms with Crippen LogP contribution < -0.4 is 0 Å². The van der Waals surface area contributed by atoms with Crippen molar-refractivity contribution in [1.29, 1.82) is 0 Å². The molecule has 0 radical (unpaired) electrons. The second kappa shape index (κ2) is 4.58. The van der Waals surface area contributed by atoms with Gasteiger partial charge in [0.1, 0.15) is 0 Å². The number of nitro benzene ring substituents is 1. The van der Waals surface area contributed by atoms with Crippen molar-refractivity contribution in [3.05, 3.63) is 39.9 Å². The first-order chi connectivity index (χ1) is 8.09. The lowest BCUT2D eigenvalue weighted by atomic mass is 10.2. The Morgan fingerprint density at radius 1 is 1.35 bits per heavy atom. The number of carbonyl (C=O) groups is 1. The molecule has 0 bridgehead atoms. The first-order valence-corrected chi connectivity index (χ1v) is 5.59. The number of rotatable bonds is 2. The molecule has 1 aromatic carbocycles. The van der Waals surface area contributed by atoms with Gasteiger partial charge in [0.15, 0.2) is 0 Å². The highest BCUT2D eigenvalue weighted by molar-refractivity contribution is 7.80. The molecule has 0 unspecified atom stereocenters. The predicted molar refractivity (Wildman–Crippen MR) is 66.0 cm³/mol. The summed E-state index contributed by atoms with van der Waals surface area (Å²) in [6.45, 7) is 0.634. The van der Waals surface area contributed by atoms with Crippen LogP contribution in [0.1, 0.15) is 23.2 Å². The summed E-state index contributed by atoms with van der Waals surface area (Å²) >= 11 is 5.08. The van der Waals surface area contributed by atoms with Crippen molar-refractivity contribution in [1.82, 2.24) is 4.90 Å². The van der Waals surface area contributed by atoms with E-state index in [0.717, 1.165) is 12.8 Å². The zero-order chi connectivity index (χ0) is 12.4. The Morgan fingerprint density at radius 2 is 2.00 bits per heavy atom. The predicted octanol–water partition coefficient (Wildman–Crippen LogP) is 2.16. The van der Waals surface area contributed by atoms with E-state index < -0.39 is 4.92 Å².